The Balaban J connectivity index is 2.31. The predicted octanol–water partition coefficient (Wildman–Crippen LogP) is 3.95. The number of aromatic carboxylic acids is 1. The summed E-state index contributed by atoms with van der Waals surface area (Å²) in [7, 11) is 0. The Kier molecular flexibility index (Phi) is 3.85. The molecule has 0 spiro atoms. The fraction of sp³-hybridized carbons (Fsp3) is 0.143. The Hall–Kier alpha value is -1.88. The van der Waals surface area contributed by atoms with Crippen molar-refractivity contribution in [1.82, 2.24) is 4.98 Å². The molecule has 0 saturated heterocycles. The first-order chi connectivity index (χ1) is 8.97. The zero-order valence-electron chi connectivity index (χ0n) is 10.5. The van der Waals surface area contributed by atoms with E-state index in [2.05, 4.69) is 20.9 Å². The van der Waals surface area contributed by atoms with Gasteiger partial charge >= 0.3 is 5.97 Å². The number of hydrogen-bond donors (Lipinski definition) is 1. The minimum atomic E-state index is -1.03. The van der Waals surface area contributed by atoms with E-state index >= 15 is 0 Å². The molecule has 0 aliphatic heterocycles. The van der Waals surface area contributed by atoms with Crippen molar-refractivity contribution in [2.24, 2.45) is 0 Å². The van der Waals surface area contributed by atoms with Crippen LogP contribution < -0.4 is 4.74 Å². The zero-order chi connectivity index (χ0) is 14.0. The van der Waals surface area contributed by atoms with Gasteiger partial charge in [0.05, 0.1) is 11.8 Å². The molecule has 0 amide bonds. The second kappa shape index (κ2) is 5.40. The summed E-state index contributed by atoms with van der Waals surface area (Å²) in [4.78, 5) is 14.7. The van der Waals surface area contributed by atoms with Gasteiger partial charge in [-0.3, -0.25) is 4.98 Å². The van der Waals surface area contributed by atoms with Gasteiger partial charge in [-0.1, -0.05) is 15.9 Å². The lowest BCUT2D eigenvalue weighted by molar-refractivity contribution is 0.0696. The van der Waals surface area contributed by atoms with Crippen molar-refractivity contribution in [3.8, 4) is 11.5 Å². The lowest BCUT2D eigenvalue weighted by Gasteiger charge is -2.09. The highest BCUT2D eigenvalue weighted by Crippen LogP contribution is 2.29. The minimum Gasteiger partial charge on any atom is -0.478 e. The molecule has 1 N–H and O–H groups in total. The van der Waals surface area contributed by atoms with E-state index in [4.69, 9.17) is 9.84 Å². The van der Waals surface area contributed by atoms with Gasteiger partial charge in [-0.2, -0.15) is 0 Å². The molecule has 2 rings (SSSR count). The number of halogens is 1. The average molecular weight is 322 g/mol. The Morgan fingerprint density at radius 2 is 1.79 bits per heavy atom. The molecule has 19 heavy (non-hydrogen) atoms. The van der Waals surface area contributed by atoms with Crippen molar-refractivity contribution < 1.29 is 14.6 Å². The maximum Gasteiger partial charge on any atom is 0.337 e. The Morgan fingerprint density at radius 1 is 1.16 bits per heavy atom. The van der Waals surface area contributed by atoms with Crippen LogP contribution in [-0.2, 0) is 0 Å². The molecular formula is C14H12BrNO3. The lowest BCUT2D eigenvalue weighted by Crippen LogP contribution is -1.97. The van der Waals surface area contributed by atoms with Gasteiger partial charge in [0.1, 0.15) is 11.5 Å². The average Bonchev–Trinajstić information content (AvgIpc) is 2.36. The molecular weight excluding hydrogens is 310 g/mol. The van der Waals surface area contributed by atoms with Gasteiger partial charge in [0.25, 0.3) is 0 Å². The Morgan fingerprint density at radius 3 is 2.37 bits per heavy atom. The number of hydrogen-bond acceptors (Lipinski definition) is 3. The van der Waals surface area contributed by atoms with E-state index in [-0.39, 0.29) is 5.56 Å². The smallest absolute Gasteiger partial charge is 0.337 e. The van der Waals surface area contributed by atoms with Crippen LogP contribution >= 0.6 is 15.9 Å². The van der Waals surface area contributed by atoms with Gasteiger partial charge in [0.2, 0.25) is 0 Å². The van der Waals surface area contributed by atoms with Crippen LogP contribution in [0.3, 0.4) is 0 Å². The fourth-order valence-electron chi connectivity index (χ4n) is 1.69. The highest BCUT2D eigenvalue weighted by molar-refractivity contribution is 9.10. The van der Waals surface area contributed by atoms with Gasteiger partial charge in [0.15, 0.2) is 0 Å². The number of carbonyl (C=O) groups is 1. The van der Waals surface area contributed by atoms with E-state index < -0.39 is 5.97 Å². The highest BCUT2D eigenvalue weighted by atomic mass is 79.9. The van der Waals surface area contributed by atoms with E-state index in [9.17, 15) is 4.79 Å². The lowest BCUT2D eigenvalue weighted by atomic mass is 10.1. The molecule has 0 aliphatic rings. The number of aromatic nitrogens is 1. The maximum absolute atomic E-state index is 10.9. The second-order valence-electron chi connectivity index (χ2n) is 4.19. The fourth-order valence-corrected chi connectivity index (χ4v) is 1.92. The number of pyridine rings is 1. The molecule has 1 aromatic carbocycles. The molecule has 98 valence electrons. The van der Waals surface area contributed by atoms with Crippen LogP contribution in [0.2, 0.25) is 0 Å². The monoisotopic (exact) mass is 321 g/mol. The standard InChI is InChI=1S/C14H12BrNO3/c1-8-3-11(4-9(2)13(8)15)19-12-5-10(14(17)18)6-16-7-12/h3-7H,1-2H3,(H,17,18). The van der Waals surface area contributed by atoms with Crippen LogP contribution in [0.25, 0.3) is 0 Å². The summed E-state index contributed by atoms with van der Waals surface area (Å²) in [5, 5.41) is 8.90. The predicted molar refractivity (Wildman–Crippen MR) is 74.9 cm³/mol. The second-order valence-corrected chi connectivity index (χ2v) is 4.98. The van der Waals surface area contributed by atoms with Crippen LogP contribution in [0.15, 0.2) is 35.1 Å². The molecule has 0 aliphatic carbocycles. The third-order valence-corrected chi connectivity index (χ3v) is 3.86. The molecule has 0 fully saturated rings. The summed E-state index contributed by atoms with van der Waals surface area (Å²) < 4.78 is 6.68. The maximum atomic E-state index is 10.9. The van der Waals surface area contributed by atoms with Gasteiger partial charge in [-0.15, -0.1) is 0 Å². The van der Waals surface area contributed by atoms with Crippen molar-refractivity contribution in [2.45, 2.75) is 13.8 Å². The normalized spacial score (nSPS) is 10.3. The van der Waals surface area contributed by atoms with Crippen LogP contribution in [0, 0.1) is 13.8 Å². The quantitative estimate of drug-likeness (QED) is 0.929. The van der Waals surface area contributed by atoms with Crippen LogP contribution in [0.4, 0.5) is 0 Å². The third kappa shape index (κ3) is 3.12. The number of benzene rings is 1. The van der Waals surface area contributed by atoms with E-state index in [0.717, 1.165) is 15.6 Å². The first-order valence-electron chi connectivity index (χ1n) is 5.60. The summed E-state index contributed by atoms with van der Waals surface area (Å²) in [5.41, 5.74) is 2.21. The summed E-state index contributed by atoms with van der Waals surface area (Å²) >= 11 is 3.48. The third-order valence-electron chi connectivity index (χ3n) is 2.61. The number of ether oxygens (including phenoxy) is 1. The molecule has 0 saturated carbocycles. The van der Waals surface area contributed by atoms with E-state index in [1.54, 1.807) is 0 Å². The zero-order valence-corrected chi connectivity index (χ0v) is 12.1. The molecule has 0 atom stereocenters. The topological polar surface area (TPSA) is 59.4 Å². The first kappa shape index (κ1) is 13.5. The van der Waals surface area contributed by atoms with Crippen molar-refractivity contribution >= 4 is 21.9 Å². The number of carboxylic acid groups (broad SMARTS) is 1. The first-order valence-corrected chi connectivity index (χ1v) is 6.39. The van der Waals surface area contributed by atoms with E-state index in [1.165, 1.54) is 18.5 Å². The number of rotatable bonds is 3. The molecule has 5 heteroatoms. The Bertz CT molecular complexity index is 617. The molecule has 1 heterocycles. The van der Waals surface area contributed by atoms with E-state index in [0.29, 0.717) is 11.5 Å². The van der Waals surface area contributed by atoms with E-state index in [1.807, 2.05) is 26.0 Å². The summed E-state index contributed by atoms with van der Waals surface area (Å²) in [5.74, 6) is 0.0321. The van der Waals surface area contributed by atoms with Crippen LogP contribution in [0.1, 0.15) is 21.5 Å². The largest absolute Gasteiger partial charge is 0.478 e. The molecule has 1 aromatic heterocycles. The van der Waals surface area contributed by atoms with Crippen molar-refractivity contribution in [3.05, 3.63) is 51.8 Å². The van der Waals surface area contributed by atoms with Crippen LogP contribution in [0.5, 0.6) is 11.5 Å². The van der Waals surface area contributed by atoms with Gasteiger partial charge in [-0.05, 0) is 43.2 Å². The summed E-state index contributed by atoms with van der Waals surface area (Å²) in [6.07, 6.45) is 2.77. The molecule has 2 aromatic rings. The molecule has 4 nitrogen and oxygen atoms in total. The summed E-state index contributed by atoms with van der Waals surface area (Å²) in [6, 6.07) is 5.21. The highest BCUT2D eigenvalue weighted by Gasteiger charge is 2.07. The number of nitrogens with zero attached hydrogens (tertiary/aromatic N) is 1. The van der Waals surface area contributed by atoms with Crippen LogP contribution in [-0.4, -0.2) is 16.1 Å². The molecule has 0 unspecified atom stereocenters. The minimum absolute atomic E-state index is 0.100. The number of aryl methyl sites for hydroxylation is 2. The Labute approximate surface area is 119 Å². The molecule has 0 bridgehead atoms. The van der Waals surface area contributed by atoms with Gasteiger partial charge in [0, 0.05) is 10.7 Å². The van der Waals surface area contributed by atoms with Gasteiger partial charge < -0.3 is 9.84 Å². The SMILES string of the molecule is Cc1cc(Oc2cncc(C(=O)O)c2)cc(C)c1Br. The van der Waals surface area contributed by atoms with Crippen molar-refractivity contribution in [2.75, 3.05) is 0 Å². The van der Waals surface area contributed by atoms with Crippen molar-refractivity contribution in [1.29, 1.82) is 0 Å². The molecule has 0 radical (unpaired) electrons. The number of carboxylic acids is 1. The van der Waals surface area contributed by atoms with Gasteiger partial charge in [-0.25, -0.2) is 4.79 Å². The van der Waals surface area contributed by atoms with Crippen molar-refractivity contribution in [3.63, 3.8) is 0 Å². The summed E-state index contributed by atoms with van der Waals surface area (Å²) in [6.45, 7) is 3.94.